The molecule has 0 unspecified atom stereocenters. The van der Waals surface area contributed by atoms with E-state index in [9.17, 15) is 22.4 Å². The molecule has 3 aromatic rings. The molecule has 0 heterocycles. The van der Waals surface area contributed by atoms with Crippen molar-refractivity contribution in [3.05, 3.63) is 89.2 Å². The van der Waals surface area contributed by atoms with E-state index in [0.717, 1.165) is 16.4 Å². The summed E-state index contributed by atoms with van der Waals surface area (Å²) in [5.41, 5.74) is 0.686. The van der Waals surface area contributed by atoms with Crippen LogP contribution in [0.25, 0.3) is 0 Å². The monoisotopic (exact) mass is 575 g/mol. The Labute approximate surface area is 233 Å². The number of nitrogens with zero attached hydrogens (tertiary/aromatic N) is 2. The summed E-state index contributed by atoms with van der Waals surface area (Å²) in [5.74, 6) is -1.10. The molecule has 0 saturated heterocycles. The van der Waals surface area contributed by atoms with E-state index in [0.29, 0.717) is 22.9 Å². The Bertz CT molecular complexity index is 1390. The van der Waals surface area contributed by atoms with Crippen molar-refractivity contribution < 1.29 is 27.1 Å². The molecule has 208 valence electrons. The van der Waals surface area contributed by atoms with Gasteiger partial charge in [0.2, 0.25) is 11.8 Å². The lowest BCUT2D eigenvalue weighted by Crippen LogP contribution is -2.52. The van der Waals surface area contributed by atoms with Crippen LogP contribution in [0.1, 0.15) is 25.8 Å². The van der Waals surface area contributed by atoms with E-state index in [1.165, 1.54) is 48.4 Å². The molecule has 0 bridgehead atoms. The maximum absolute atomic E-state index is 13.9. The minimum Gasteiger partial charge on any atom is -0.497 e. The highest BCUT2D eigenvalue weighted by Gasteiger charge is 2.33. The summed E-state index contributed by atoms with van der Waals surface area (Å²) in [4.78, 5) is 28.1. The first-order valence-corrected chi connectivity index (χ1v) is 14.2. The second kappa shape index (κ2) is 13.4. The predicted molar refractivity (Wildman–Crippen MR) is 149 cm³/mol. The van der Waals surface area contributed by atoms with Crippen molar-refractivity contribution >= 4 is 39.1 Å². The van der Waals surface area contributed by atoms with Crippen LogP contribution < -0.4 is 14.4 Å². The summed E-state index contributed by atoms with van der Waals surface area (Å²) >= 11 is 6.36. The summed E-state index contributed by atoms with van der Waals surface area (Å²) in [7, 11) is -2.83. The van der Waals surface area contributed by atoms with Gasteiger partial charge in [0.15, 0.2) is 0 Å². The number of amides is 2. The minimum atomic E-state index is -4.28. The number of rotatable bonds is 12. The normalized spacial score (nSPS) is 11.9. The van der Waals surface area contributed by atoms with Crippen molar-refractivity contribution in [1.29, 1.82) is 0 Å². The van der Waals surface area contributed by atoms with Gasteiger partial charge >= 0.3 is 0 Å². The van der Waals surface area contributed by atoms with Crippen LogP contribution >= 0.6 is 11.6 Å². The molecule has 0 aliphatic carbocycles. The fourth-order valence-corrected chi connectivity index (χ4v) is 5.64. The van der Waals surface area contributed by atoms with Gasteiger partial charge in [0, 0.05) is 18.1 Å². The first kappa shape index (κ1) is 29.9. The second-order valence-corrected chi connectivity index (χ2v) is 10.9. The van der Waals surface area contributed by atoms with Gasteiger partial charge in [-0.25, -0.2) is 12.8 Å². The summed E-state index contributed by atoms with van der Waals surface area (Å²) in [5, 5.41) is 3.14. The number of ether oxygens (including phenoxy) is 1. The molecule has 0 saturated carbocycles. The number of anilines is 1. The van der Waals surface area contributed by atoms with Crippen LogP contribution in [0, 0.1) is 5.82 Å². The summed E-state index contributed by atoms with van der Waals surface area (Å²) < 4.78 is 47.3. The molecule has 0 radical (unpaired) electrons. The summed E-state index contributed by atoms with van der Waals surface area (Å²) in [6.45, 7) is 3.23. The average Bonchev–Trinajstić information content (AvgIpc) is 2.93. The van der Waals surface area contributed by atoms with Crippen molar-refractivity contribution in [2.75, 3.05) is 24.5 Å². The van der Waals surface area contributed by atoms with Gasteiger partial charge in [0.05, 0.1) is 17.7 Å². The fraction of sp³-hybridized carbons (Fsp3) is 0.286. The molecular weight excluding hydrogens is 545 g/mol. The molecule has 1 N–H and O–H groups in total. The van der Waals surface area contributed by atoms with Gasteiger partial charge in [-0.15, -0.1) is 0 Å². The van der Waals surface area contributed by atoms with Gasteiger partial charge in [-0.05, 0) is 73.5 Å². The molecule has 1 atom stereocenters. The zero-order valence-corrected chi connectivity index (χ0v) is 23.5. The van der Waals surface area contributed by atoms with Gasteiger partial charge in [0.1, 0.15) is 24.2 Å². The Balaban J connectivity index is 2.06. The van der Waals surface area contributed by atoms with Crippen LogP contribution in [0.4, 0.5) is 10.1 Å². The number of sulfonamides is 1. The van der Waals surface area contributed by atoms with Crippen molar-refractivity contribution in [2.45, 2.75) is 37.8 Å². The Morgan fingerprint density at radius 3 is 2.21 bits per heavy atom. The number of likely N-dealkylation sites (N-methyl/N-ethyl adjacent to an activating group) is 1. The third-order valence-electron chi connectivity index (χ3n) is 6.08. The third kappa shape index (κ3) is 7.27. The summed E-state index contributed by atoms with van der Waals surface area (Å²) in [6, 6.07) is 16.5. The largest absolute Gasteiger partial charge is 0.497 e. The van der Waals surface area contributed by atoms with E-state index in [4.69, 9.17) is 16.3 Å². The molecule has 0 spiro atoms. The zero-order chi connectivity index (χ0) is 28.6. The van der Waals surface area contributed by atoms with Crippen molar-refractivity contribution in [2.24, 2.45) is 0 Å². The highest BCUT2D eigenvalue weighted by atomic mass is 35.5. The Hall–Kier alpha value is -3.63. The van der Waals surface area contributed by atoms with Crippen LogP contribution in [0.15, 0.2) is 77.7 Å². The van der Waals surface area contributed by atoms with Gasteiger partial charge in [-0.3, -0.25) is 13.9 Å². The highest BCUT2D eigenvalue weighted by molar-refractivity contribution is 7.92. The lowest BCUT2D eigenvalue weighted by atomic mass is 10.1. The fourth-order valence-electron chi connectivity index (χ4n) is 4.03. The van der Waals surface area contributed by atoms with E-state index in [-0.39, 0.29) is 29.5 Å². The molecule has 39 heavy (non-hydrogen) atoms. The molecule has 0 aliphatic heterocycles. The van der Waals surface area contributed by atoms with Gasteiger partial charge in [0.25, 0.3) is 10.0 Å². The van der Waals surface area contributed by atoms with Gasteiger partial charge < -0.3 is 15.0 Å². The lowest BCUT2D eigenvalue weighted by molar-refractivity contribution is -0.140. The molecular formula is C28H31ClFN3O5S. The average molecular weight is 576 g/mol. The minimum absolute atomic E-state index is 0.0199. The maximum Gasteiger partial charge on any atom is 0.264 e. The molecule has 0 aliphatic rings. The zero-order valence-electron chi connectivity index (χ0n) is 21.9. The molecule has 8 nitrogen and oxygen atoms in total. The molecule has 0 fully saturated rings. The number of carbonyl (C=O) groups is 2. The molecule has 2 amide bonds. The number of carbonyl (C=O) groups excluding carboxylic acids is 2. The number of benzene rings is 3. The SMILES string of the molecule is CCNC(=O)[C@H](CC)N(Cc1ccccc1Cl)C(=O)CN(c1ccc(F)cc1)S(=O)(=O)c1ccc(OC)cc1. The van der Waals surface area contributed by atoms with Crippen LogP contribution in [0.3, 0.4) is 0 Å². The molecule has 3 aromatic carbocycles. The maximum atomic E-state index is 13.9. The van der Waals surface area contributed by atoms with E-state index < -0.39 is 34.3 Å². The predicted octanol–water partition coefficient (Wildman–Crippen LogP) is 4.63. The second-order valence-electron chi connectivity index (χ2n) is 8.60. The third-order valence-corrected chi connectivity index (χ3v) is 8.23. The number of nitrogens with one attached hydrogen (secondary N) is 1. The van der Waals surface area contributed by atoms with E-state index >= 15 is 0 Å². The van der Waals surface area contributed by atoms with Crippen LogP contribution in [0.5, 0.6) is 5.75 Å². The summed E-state index contributed by atoms with van der Waals surface area (Å²) in [6.07, 6.45) is 0.282. The molecule has 3 rings (SSSR count). The van der Waals surface area contributed by atoms with E-state index in [2.05, 4.69) is 5.32 Å². The Morgan fingerprint density at radius 1 is 1.00 bits per heavy atom. The van der Waals surface area contributed by atoms with Crippen molar-refractivity contribution in [3.8, 4) is 5.75 Å². The smallest absolute Gasteiger partial charge is 0.264 e. The molecule has 11 heteroatoms. The van der Waals surface area contributed by atoms with Gasteiger partial charge in [-0.2, -0.15) is 0 Å². The Morgan fingerprint density at radius 2 is 1.64 bits per heavy atom. The lowest BCUT2D eigenvalue weighted by Gasteiger charge is -2.33. The standard InChI is InChI=1S/C28H31ClFN3O5S/c1-4-26(28(35)31-5-2)32(18-20-8-6-7-9-25(20)29)27(34)19-33(22-12-10-21(30)11-13-22)39(36,37)24-16-14-23(38-3)15-17-24/h6-17,26H,4-5,18-19H2,1-3H3,(H,31,35)/t26-/m0/s1. The number of methoxy groups -OCH3 is 1. The quantitative estimate of drug-likeness (QED) is 0.340. The van der Waals surface area contributed by atoms with E-state index in [1.54, 1.807) is 38.1 Å². The number of halogens is 2. The topological polar surface area (TPSA) is 96.0 Å². The molecule has 0 aromatic heterocycles. The van der Waals surface area contributed by atoms with Crippen LogP contribution in [0.2, 0.25) is 5.02 Å². The van der Waals surface area contributed by atoms with Crippen LogP contribution in [-0.4, -0.2) is 51.4 Å². The number of hydrogen-bond donors (Lipinski definition) is 1. The Kier molecular flexibility index (Phi) is 10.3. The van der Waals surface area contributed by atoms with Crippen molar-refractivity contribution in [1.82, 2.24) is 10.2 Å². The first-order valence-electron chi connectivity index (χ1n) is 12.3. The van der Waals surface area contributed by atoms with Crippen LogP contribution in [-0.2, 0) is 26.2 Å². The van der Waals surface area contributed by atoms with Crippen molar-refractivity contribution in [3.63, 3.8) is 0 Å². The first-order chi connectivity index (χ1) is 18.6. The number of hydrogen-bond acceptors (Lipinski definition) is 5. The highest BCUT2D eigenvalue weighted by Crippen LogP contribution is 2.27. The van der Waals surface area contributed by atoms with Gasteiger partial charge in [-0.1, -0.05) is 36.7 Å². The van der Waals surface area contributed by atoms with E-state index in [1.807, 2.05) is 0 Å².